The number of aromatic carboxylic acids is 1. The van der Waals surface area contributed by atoms with E-state index < -0.39 is 24.2 Å². The van der Waals surface area contributed by atoms with Gasteiger partial charge in [-0.3, -0.25) is 4.79 Å². The first-order chi connectivity index (χ1) is 18.1. The second-order valence-corrected chi connectivity index (χ2v) is 8.58. The fourth-order valence-corrected chi connectivity index (χ4v) is 4.06. The van der Waals surface area contributed by atoms with Crippen LogP contribution >= 0.6 is 0 Å². The third kappa shape index (κ3) is 6.81. The maximum absolute atomic E-state index is 12.6. The van der Waals surface area contributed by atoms with Crippen molar-refractivity contribution in [3.05, 3.63) is 89.7 Å². The number of ether oxygens (including phenoxy) is 2. The number of amides is 1. The van der Waals surface area contributed by atoms with Crippen molar-refractivity contribution in [2.24, 2.45) is 5.73 Å². The average Bonchev–Trinajstić information content (AvgIpc) is 3.22. The zero-order chi connectivity index (χ0) is 27.3. The number of nitrogens with two attached hydrogens (primary N) is 1. The van der Waals surface area contributed by atoms with Crippen LogP contribution < -0.4 is 15.2 Å². The van der Waals surface area contributed by atoms with Gasteiger partial charge in [0.2, 0.25) is 5.91 Å². The van der Waals surface area contributed by atoms with E-state index >= 15 is 0 Å². The van der Waals surface area contributed by atoms with Crippen molar-refractivity contribution in [1.29, 1.82) is 0 Å². The number of hydrogen-bond donors (Lipinski definition) is 2. The molecule has 0 radical (unpaired) electrons. The summed E-state index contributed by atoms with van der Waals surface area (Å²) in [6, 6.07) is 19.0. The number of fused-ring (bicyclic) bond motifs is 1. The van der Waals surface area contributed by atoms with Crippen molar-refractivity contribution < 1.29 is 37.3 Å². The molecule has 0 aliphatic rings. The molecule has 11 heteroatoms. The second kappa shape index (κ2) is 11.2. The minimum atomic E-state index is -4.80. The molecule has 0 aliphatic heterocycles. The Morgan fingerprint density at radius 3 is 2.34 bits per heavy atom. The first kappa shape index (κ1) is 26.5. The van der Waals surface area contributed by atoms with Gasteiger partial charge in [-0.2, -0.15) is 0 Å². The predicted octanol–water partition coefficient (Wildman–Crippen LogP) is 5.11. The number of nitrogens with zero attached hydrogens (tertiary/aromatic N) is 2. The zero-order valence-corrected chi connectivity index (χ0v) is 20.0. The van der Waals surface area contributed by atoms with E-state index in [1.54, 1.807) is 18.2 Å². The molecular formula is C27H24F3N3O5. The summed E-state index contributed by atoms with van der Waals surface area (Å²) >= 11 is 0. The van der Waals surface area contributed by atoms with Crippen molar-refractivity contribution in [3.8, 4) is 11.5 Å². The summed E-state index contributed by atoms with van der Waals surface area (Å²) in [4.78, 5) is 27.8. The normalized spacial score (nSPS) is 12.3. The van der Waals surface area contributed by atoms with E-state index in [2.05, 4.69) is 4.74 Å². The standard InChI is InChI=1S/C27H24F3N3O5/c28-27(29,30)38-21-10-6-17(7-11-21)15-33-23-12-8-18(26(35)36)14-22(23)32-25(33)19(9-13-24(31)34)16-37-20-4-2-1-3-5-20/h1-8,10-12,14,19H,9,13,15-16H2,(H2,31,34)(H,35,36). The van der Waals surface area contributed by atoms with Gasteiger partial charge in [0.1, 0.15) is 17.3 Å². The van der Waals surface area contributed by atoms with Gasteiger partial charge in [0.25, 0.3) is 0 Å². The quantitative estimate of drug-likeness (QED) is 0.280. The number of hydrogen-bond acceptors (Lipinski definition) is 5. The van der Waals surface area contributed by atoms with E-state index in [1.807, 2.05) is 22.8 Å². The van der Waals surface area contributed by atoms with Gasteiger partial charge >= 0.3 is 12.3 Å². The molecule has 0 saturated carbocycles. The molecule has 38 heavy (non-hydrogen) atoms. The van der Waals surface area contributed by atoms with Crippen LogP contribution in [0.3, 0.4) is 0 Å². The van der Waals surface area contributed by atoms with E-state index in [9.17, 15) is 27.9 Å². The predicted molar refractivity (Wildman–Crippen MR) is 132 cm³/mol. The lowest BCUT2D eigenvalue weighted by Crippen LogP contribution is -2.20. The highest BCUT2D eigenvalue weighted by molar-refractivity contribution is 5.92. The van der Waals surface area contributed by atoms with Gasteiger partial charge in [-0.15, -0.1) is 13.2 Å². The van der Waals surface area contributed by atoms with E-state index in [-0.39, 0.29) is 30.9 Å². The number of benzene rings is 3. The summed E-state index contributed by atoms with van der Waals surface area (Å²) in [5, 5.41) is 9.43. The molecule has 1 atom stereocenters. The molecule has 1 heterocycles. The Labute approximate surface area is 215 Å². The summed E-state index contributed by atoms with van der Waals surface area (Å²) < 4.78 is 49.4. The van der Waals surface area contributed by atoms with Crippen molar-refractivity contribution in [2.45, 2.75) is 31.7 Å². The van der Waals surface area contributed by atoms with E-state index in [0.717, 1.165) is 0 Å². The number of carbonyl (C=O) groups excluding carboxylic acids is 1. The highest BCUT2D eigenvalue weighted by Crippen LogP contribution is 2.29. The molecule has 0 fully saturated rings. The van der Waals surface area contributed by atoms with Gasteiger partial charge in [-0.25, -0.2) is 9.78 Å². The van der Waals surface area contributed by atoms with E-state index in [1.165, 1.54) is 36.4 Å². The van der Waals surface area contributed by atoms with Gasteiger partial charge in [0, 0.05) is 13.0 Å². The van der Waals surface area contributed by atoms with Gasteiger partial charge in [0.15, 0.2) is 0 Å². The average molecular weight is 527 g/mol. The number of carbonyl (C=O) groups is 2. The monoisotopic (exact) mass is 527 g/mol. The number of para-hydroxylation sites is 1. The van der Waals surface area contributed by atoms with Crippen molar-refractivity contribution >= 4 is 22.9 Å². The summed E-state index contributed by atoms with van der Waals surface area (Å²) in [6.07, 6.45) is -4.42. The summed E-state index contributed by atoms with van der Waals surface area (Å²) in [7, 11) is 0. The maximum atomic E-state index is 12.6. The van der Waals surface area contributed by atoms with Crippen LogP contribution in [0.5, 0.6) is 11.5 Å². The minimum Gasteiger partial charge on any atom is -0.493 e. The van der Waals surface area contributed by atoms with E-state index in [0.29, 0.717) is 34.6 Å². The van der Waals surface area contributed by atoms with Crippen LogP contribution in [0, 0.1) is 0 Å². The Morgan fingerprint density at radius 1 is 1.00 bits per heavy atom. The number of aromatic nitrogens is 2. The fourth-order valence-electron chi connectivity index (χ4n) is 4.06. The third-order valence-electron chi connectivity index (χ3n) is 5.82. The Bertz CT molecular complexity index is 1420. The molecule has 0 bridgehead atoms. The molecule has 3 N–H and O–H groups in total. The number of halogens is 3. The molecule has 4 aromatic rings. The molecule has 0 spiro atoms. The fraction of sp³-hybridized carbons (Fsp3) is 0.222. The van der Waals surface area contributed by atoms with Crippen LogP contribution in [-0.2, 0) is 11.3 Å². The SMILES string of the molecule is NC(=O)CCC(COc1ccccc1)c1nc2cc(C(=O)O)ccc2n1Cc1ccc(OC(F)(F)F)cc1. The lowest BCUT2D eigenvalue weighted by atomic mass is 10.0. The molecule has 3 aromatic carbocycles. The molecule has 1 unspecified atom stereocenters. The van der Waals surface area contributed by atoms with Crippen molar-refractivity contribution in [2.75, 3.05) is 6.61 Å². The molecule has 1 amide bonds. The van der Waals surface area contributed by atoms with Gasteiger partial charge in [-0.05, 0) is 54.4 Å². The van der Waals surface area contributed by atoms with Crippen LogP contribution in [0.15, 0.2) is 72.8 Å². The highest BCUT2D eigenvalue weighted by atomic mass is 19.4. The van der Waals surface area contributed by atoms with Crippen molar-refractivity contribution in [1.82, 2.24) is 9.55 Å². The van der Waals surface area contributed by atoms with Crippen molar-refractivity contribution in [3.63, 3.8) is 0 Å². The Kier molecular flexibility index (Phi) is 7.85. The van der Waals surface area contributed by atoms with Crippen LogP contribution in [0.4, 0.5) is 13.2 Å². The first-order valence-electron chi connectivity index (χ1n) is 11.6. The first-order valence-corrected chi connectivity index (χ1v) is 11.6. The number of carboxylic acid groups (broad SMARTS) is 1. The van der Waals surface area contributed by atoms with Gasteiger partial charge in [0.05, 0.1) is 29.1 Å². The minimum absolute atomic E-state index is 0.0524. The number of carboxylic acids is 1. The molecule has 0 aliphatic carbocycles. The Balaban J connectivity index is 1.72. The lowest BCUT2D eigenvalue weighted by molar-refractivity contribution is -0.274. The molecule has 4 rings (SSSR count). The molecule has 198 valence electrons. The highest BCUT2D eigenvalue weighted by Gasteiger charge is 2.31. The number of alkyl halides is 3. The largest absolute Gasteiger partial charge is 0.573 e. The van der Waals surface area contributed by atoms with Crippen LogP contribution in [0.2, 0.25) is 0 Å². The third-order valence-corrected chi connectivity index (χ3v) is 5.82. The Morgan fingerprint density at radius 2 is 1.71 bits per heavy atom. The van der Waals surface area contributed by atoms with Crippen LogP contribution in [-0.4, -0.2) is 39.5 Å². The zero-order valence-electron chi connectivity index (χ0n) is 20.0. The number of rotatable bonds is 11. The van der Waals surface area contributed by atoms with E-state index in [4.69, 9.17) is 15.5 Å². The molecule has 8 nitrogen and oxygen atoms in total. The van der Waals surface area contributed by atoms with Crippen LogP contribution in [0.25, 0.3) is 11.0 Å². The summed E-state index contributed by atoms with van der Waals surface area (Å²) in [6.45, 7) is 0.369. The van der Waals surface area contributed by atoms with Gasteiger partial charge in [-0.1, -0.05) is 30.3 Å². The second-order valence-electron chi connectivity index (χ2n) is 8.58. The molecule has 0 saturated heterocycles. The molecular weight excluding hydrogens is 503 g/mol. The Hall–Kier alpha value is -4.54. The topological polar surface area (TPSA) is 117 Å². The summed E-state index contributed by atoms with van der Waals surface area (Å²) in [5.41, 5.74) is 7.15. The number of primary amides is 1. The van der Waals surface area contributed by atoms with Gasteiger partial charge < -0.3 is 24.9 Å². The summed E-state index contributed by atoms with van der Waals surface area (Å²) in [5.74, 6) is -1.22. The molecule has 1 aromatic heterocycles. The van der Waals surface area contributed by atoms with Crippen LogP contribution in [0.1, 0.15) is 40.5 Å². The number of imidazole rings is 1. The lowest BCUT2D eigenvalue weighted by Gasteiger charge is -2.19. The maximum Gasteiger partial charge on any atom is 0.573 e. The smallest absolute Gasteiger partial charge is 0.493 e.